The number of fused-ring (bicyclic) bond motifs is 1. The third-order valence-corrected chi connectivity index (χ3v) is 2.63. The Morgan fingerprint density at radius 3 is 3.00 bits per heavy atom. The molecule has 2 rings (SSSR count). The first-order valence-electron chi connectivity index (χ1n) is 4.72. The molecule has 0 amide bonds. The maximum absolute atomic E-state index is 13.2. The van der Waals surface area contributed by atoms with Crippen LogP contribution in [-0.2, 0) is 6.42 Å². The first-order chi connectivity index (χ1) is 6.16. The largest absolute Gasteiger partial charge is 0.382 e. The van der Waals surface area contributed by atoms with Crippen molar-refractivity contribution < 1.29 is 4.39 Å². The van der Waals surface area contributed by atoms with Crippen molar-refractivity contribution in [2.24, 2.45) is 0 Å². The molecule has 1 aliphatic heterocycles. The van der Waals surface area contributed by atoms with Crippen LogP contribution in [0, 0.1) is 12.7 Å². The van der Waals surface area contributed by atoms with E-state index >= 15 is 0 Å². The Balaban J connectivity index is 2.43. The molecule has 0 radical (unpaired) electrons. The van der Waals surface area contributed by atoms with Crippen molar-refractivity contribution in [2.45, 2.75) is 32.7 Å². The van der Waals surface area contributed by atoms with Gasteiger partial charge in [-0.15, -0.1) is 0 Å². The summed E-state index contributed by atoms with van der Waals surface area (Å²) in [6, 6.07) is 4.03. The number of rotatable bonds is 0. The molecule has 0 bridgehead atoms. The van der Waals surface area contributed by atoms with E-state index < -0.39 is 0 Å². The third-order valence-electron chi connectivity index (χ3n) is 2.63. The highest BCUT2D eigenvalue weighted by Gasteiger charge is 2.15. The van der Waals surface area contributed by atoms with Crippen LogP contribution < -0.4 is 5.32 Å². The van der Waals surface area contributed by atoms with Crippen LogP contribution >= 0.6 is 0 Å². The smallest absolute Gasteiger partial charge is 0.128 e. The van der Waals surface area contributed by atoms with Crippen molar-refractivity contribution in [3.05, 3.63) is 29.1 Å². The van der Waals surface area contributed by atoms with Gasteiger partial charge < -0.3 is 5.32 Å². The molecule has 1 nitrogen and oxygen atoms in total. The van der Waals surface area contributed by atoms with Crippen LogP contribution in [0.4, 0.5) is 10.1 Å². The van der Waals surface area contributed by atoms with Crippen LogP contribution in [0.2, 0.25) is 0 Å². The average molecular weight is 179 g/mol. The van der Waals surface area contributed by atoms with Gasteiger partial charge in [0.05, 0.1) is 0 Å². The lowest BCUT2D eigenvalue weighted by atomic mass is 9.97. The number of halogens is 1. The van der Waals surface area contributed by atoms with Gasteiger partial charge in [0.1, 0.15) is 5.82 Å². The standard InChI is InChI=1S/C11H14FN/c1-7-5-9-4-3-8(2)13-11(9)6-10(7)12/h5-6,8,13H,3-4H2,1-2H3. The van der Waals surface area contributed by atoms with Crippen molar-refractivity contribution in [1.29, 1.82) is 0 Å². The number of hydrogen-bond acceptors (Lipinski definition) is 1. The molecule has 0 aliphatic carbocycles. The van der Waals surface area contributed by atoms with E-state index in [-0.39, 0.29) is 5.82 Å². The molecule has 1 N–H and O–H groups in total. The van der Waals surface area contributed by atoms with Gasteiger partial charge in [0.2, 0.25) is 0 Å². The molecule has 1 atom stereocenters. The molecule has 1 heterocycles. The summed E-state index contributed by atoms with van der Waals surface area (Å²) in [4.78, 5) is 0. The normalized spacial score (nSPS) is 20.7. The summed E-state index contributed by atoms with van der Waals surface area (Å²) < 4.78 is 13.2. The van der Waals surface area contributed by atoms with Crippen LogP contribution in [0.25, 0.3) is 0 Å². The van der Waals surface area contributed by atoms with Crippen LogP contribution in [0.15, 0.2) is 12.1 Å². The fraction of sp³-hybridized carbons (Fsp3) is 0.455. The summed E-state index contributed by atoms with van der Waals surface area (Å²) in [5.74, 6) is -0.111. The fourth-order valence-electron chi connectivity index (χ4n) is 1.79. The Kier molecular flexibility index (Phi) is 1.98. The monoisotopic (exact) mass is 179 g/mol. The fourth-order valence-corrected chi connectivity index (χ4v) is 1.79. The van der Waals surface area contributed by atoms with E-state index in [0.717, 1.165) is 24.1 Å². The molecule has 1 aliphatic rings. The van der Waals surface area contributed by atoms with Crippen molar-refractivity contribution in [2.75, 3.05) is 5.32 Å². The molecule has 0 fully saturated rings. The van der Waals surface area contributed by atoms with Gasteiger partial charge >= 0.3 is 0 Å². The number of aryl methyl sites for hydroxylation is 2. The molecule has 1 unspecified atom stereocenters. The second-order valence-corrected chi connectivity index (χ2v) is 3.84. The van der Waals surface area contributed by atoms with E-state index in [4.69, 9.17) is 0 Å². The van der Waals surface area contributed by atoms with Gasteiger partial charge in [-0.2, -0.15) is 0 Å². The van der Waals surface area contributed by atoms with Gasteiger partial charge in [-0.1, -0.05) is 6.07 Å². The Bertz CT molecular complexity index is 333. The van der Waals surface area contributed by atoms with Crippen LogP contribution in [0.5, 0.6) is 0 Å². The number of benzene rings is 1. The topological polar surface area (TPSA) is 12.0 Å². The summed E-state index contributed by atoms with van der Waals surface area (Å²) in [5.41, 5.74) is 2.97. The minimum Gasteiger partial charge on any atom is -0.382 e. The first kappa shape index (κ1) is 8.54. The van der Waals surface area contributed by atoms with Gasteiger partial charge in [0.25, 0.3) is 0 Å². The second-order valence-electron chi connectivity index (χ2n) is 3.84. The summed E-state index contributed by atoms with van der Waals surface area (Å²) in [5, 5.41) is 3.29. The van der Waals surface area contributed by atoms with E-state index in [9.17, 15) is 4.39 Å². The summed E-state index contributed by atoms with van der Waals surface area (Å²) in [6.45, 7) is 3.94. The number of anilines is 1. The second kappa shape index (κ2) is 3.02. The molecule has 0 saturated heterocycles. The van der Waals surface area contributed by atoms with E-state index in [0.29, 0.717) is 6.04 Å². The zero-order valence-electron chi connectivity index (χ0n) is 8.02. The molecule has 2 heteroatoms. The molecule has 13 heavy (non-hydrogen) atoms. The maximum Gasteiger partial charge on any atom is 0.128 e. The van der Waals surface area contributed by atoms with Crippen molar-refractivity contribution >= 4 is 5.69 Å². The van der Waals surface area contributed by atoms with E-state index in [1.165, 1.54) is 5.56 Å². The first-order valence-corrected chi connectivity index (χ1v) is 4.72. The Morgan fingerprint density at radius 1 is 1.46 bits per heavy atom. The van der Waals surface area contributed by atoms with E-state index in [1.807, 2.05) is 13.0 Å². The van der Waals surface area contributed by atoms with Gasteiger partial charge in [-0.25, -0.2) is 4.39 Å². The summed E-state index contributed by atoms with van der Waals surface area (Å²) in [6.07, 6.45) is 2.20. The molecule has 70 valence electrons. The number of nitrogens with one attached hydrogen (secondary N) is 1. The Hall–Kier alpha value is -1.05. The molecule has 0 aromatic heterocycles. The highest BCUT2D eigenvalue weighted by atomic mass is 19.1. The zero-order chi connectivity index (χ0) is 9.42. The molecular weight excluding hydrogens is 165 g/mol. The molecule has 1 aromatic rings. The van der Waals surface area contributed by atoms with E-state index in [2.05, 4.69) is 12.2 Å². The highest BCUT2D eigenvalue weighted by Crippen LogP contribution is 2.27. The SMILES string of the molecule is Cc1cc2c(cc1F)NC(C)CC2. The quantitative estimate of drug-likeness (QED) is 0.645. The Morgan fingerprint density at radius 2 is 2.23 bits per heavy atom. The van der Waals surface area contributed by atoms with Crippen molar-refractivity contribution in [3.8, 4) is 0 Å². The summed E-state index contributed by atoms with van der Waals surface area (Å²) >= 11 is 0. The van der Waals surface area contributed by atoms with Gasteiger partial charge in [-0.05, 0) is 43.9 Å². The highest BCUT2D eigenvalue weighted by molar-refractivity contribution is 5.55. The lowest BCUT2D eigenvalue weighted by molar-refractivity contribution is 0.612. The zero-order valence-corrected chi connectivity index (χ0v) is 8.02. The Labute approximate surface area is 78.0 Å². The van der Waals surface area contributed by atoms with Crippen LogP contribution in [0.1, 0.15) is 24.5 Å². The average Bonchev–Trinajstić information content (AvgIpc) is 2.08. The van der Waals surface area contributed by atoms with Crippen molar-refractivity contribution in [3.63, 3.8) is 0 Å². The molecule has 1 aromatic carbocycles. The van der Waals surface area contributed by atoms with Gasteiger partial charge in [0, 0.05) is 11.7 Å². The lowest BCUT2D eigenvalue weighted by Crippen LogP contribution is -2.22. The van der Waals surface area contributed by atoms with Crippen LogP contribution in [0.3, 0.4) is 0 Å². The molecular formula is C11H14FN. The minimum absolute atomic E-state index is 0.111. The van der Waals surface area contributed by atoms with Crippen LogP contribution in [-0.4, -0.2) is 6.04 Å². The predicted molar refractivity (Wildman–Crippen MR) is 52.5 cm³/mol. The maximum atomic E-state index is 13.2. The van der Waals surface area contributed by atoms with Gasteiger partial charge in [-0.3, -0.25) is 0 Å². The van der Waals surface area contributed by atoms with Crippen molar-refractivity contribution in [1.82, 2.24) is 0 Å². The minimum atomic E-state index is -0.111. The third kappa shape index (κ3) is 1.53. The predicted octanol–water partition coefficient (Wildman–Crippen LogP) is 2.88. The van der Waals surface area contributed by atoms with E-state index in [1.54, 1.807) is 6.07 Å². The molecule has 0 spiro atoms. The van der Waals surface area contributed by atoms with Gasteiger partial charge in [0.15, 0.2) is 0 Å². The molecule has 0 saturated carbocycles. The lowest BCUT2D eigenvalue weighted by Gasteiger charge is -2.24. The summed E-state index contributed by atoms with van der Waals surface area (Å²) in [7, 11) is 0. The number of hydrogen-bond donors (Lipinski definition) is 1.